The van der Waals surface area contributed by atoms with Gasteiger partial charge in [0.15, 0.2) is 0 Å². The number of rotatable bonds is 6. The summed E-state index contributed by atoms with van der Waals surface area (Å²) in [5, 5.41) is 1.05. The molecule has 0 amide bonds. The molecule has 0 unspecified atom stereocenters. The fourth-order valence-corrected chi connectivity index (χ4v) is 3.64. The highest BCUT2D eigenvalue weighted by Crippen LogP contribution is 2.48. The quantitative estimate of drug-likeness (QED) is 0.526. The summed E-state index contributed by atoms with van der Waals surface area (Å²) in [7, 11) is 1.38. The van der Waals surface area contributed by atoms with Crippen LogP contribution >= 0.6 is 0 Å². The molecule has 0 rings (SSSR count). The zero-order valence-electron chi connectivity index (χ0n) is 13.0. The molecular formula is C15H33B. The third kappa shape index (κ3) is 5.41. The van der Waals surface area contributed by atoms with Crippen LogP contribution in [0.1, 0.15) is 81.1 Å². The van der Waals surface area contributed by atoms with Gasteiger partial charge in [-0.25, -0.2) is 0 Å². The van der Waals surface area contributed by atoms with Gasteiger partial charge in [0.2, 0.25) is 0 Å². The van der Waals surface area contributed by atoms with Crippen LogP contribution in [0.25, 0.3) is 0 Å². The van der Waals surface area contributed by atoms with Crippen molar-refractivity contribution in [1.82, 2.24) is 0 Å². The lowest BCUT2D eigenvalue weighted by Gasteiger charge is -2.40. The van der Waals surface area contributed by atoms with Crippen molar-refractivity contribution >= 4 is 7.28 Å². The van der Waals surface area contributed by atoms with Crippen LogP contribution in [0.4, 0.5) is 0 Å². The van der Waals surface area contributed by atoms with Gasteiger partial charge in [-0.05, 0) is 5.41 Å². The van der Waals surface area contributed by atoms with Crippen molar-refractivity contribution in [2.24, 2.45) is 5.41 Å². The van der Waals surface area contributed by atoms with Crippen molar-refractivity contribution in [1.29, 1.82) is 0 Å². The summed E-state index contributed by atoms with van der Waals surface area (Å²) in [5.74, 6) is 0. The SMILES string of the molecule is CCC(BC(C)(C)CC(C)(C)C)(CC)CC. The van der Waals surface area contributed by atoms with E-state index in [-0.39, 0.29) is 0 Å². The molecule has 16 heavy (non-hydrogen) atoms. The predicted octanol–water partition coefficient (Wildman–Crippen LogP) is 5.45. The van der Waals surface area contributed by atoms with E-state index in [9.17, 15) is 0 Å². The predicted molar refractivity (Wildman–Crippen MR) is 78.8 cm³/mol. The molecule has 0 aromatic heterocycles. The molecule has 0 saturated carbocycles. The van der Waals surface area contributed by atoms with Crippen LogP contribution in [-0.4, -0.2) is 7.28 Å². The summed E-state index contributed by atoms with van der Waals surface area (Å²) in [5.41, 5.74) is 0.449. The van der Waals surface area contributed by atoms with E-state index in [0.29, 0.717) is 16.0 Å². The van der Waals surface area contributed by atoms with E-state index < -0.39 is 0 Å². The van der Waals surface area contributed by atoms with Crippen LogP contribution < -0.4 is 0 Å². The molecule has 96 valence electrons. The van der Waals surface area contributed by atoms with Gasteiger partial charge in [-0.1, -0.05) is 91.7 Å². The number of hydrogen-bond acceptors (Lipinski definition) is 0. The first-order chi connectivity index (χ1) is 7.10. The minimum atomic E-state index is 0.449. The third-order valence-corrected chi connectivity index (χ3v) is 4.11. The first kappa shape index (κ1) is 16.1. The molecule has 0 heterocycles. The Morgan fingerprint density at radius 2 is 1.12 bits per heavy atom. The highest BCUT2D eigenvalue weighted by molar-refractivity contribution is 6.44. The maximum Gasteiger partial charge on any atom is 0.134 e. The lowest BCUT2D eigenvalue weighted by Crippen LogP contribution is -2.30. The van der Waals surface area contributed by atoms with E-state index in [1.165, 1.54) is 33.0 Å². The van der Waals surface area contributed by atoms with Crippen molar-refractivity contribution in [2.45, 2.75) is 91.7 Å². The van der Waals surface area contributed by atoms with Gasteiger partial charge in [0.25, 0.3) is 0 Å². The second-order valence-electron chi connectivity index (χ2n) is 7.64. The highest BCUT2D eigenvalue weighted by atomic mass is 14.3. The first-order valence-electron chi connectivity index (χ1n) is 7.10. The molecule has 1 heteroatoms. The van der Waals surface area contributed by atoms with Crippen molar-refractivity contribution < 1.29 is 0 Å². The highest BCUT2D eigenvalue weighted by Gasteiger charge is 2.35. The van der Waals surface area contributed by atoms with E-state index in [4.69, 9.17) is 0 Å². The molecule has 0 aromatic rings. The molecule has 0 radical (unpaired) electrons. The summed E-state index contributed by atoms with van der Waals surface area (Å²) < 4.78 is 0. The Morgan fingerprint density at radius 1 is 0.750 bits per heavy atom. The molecule has 0 bridgehead atoms. The van der Waals surface area contributed by atoms with Gasteiger partial charge in [-0.2, -0.15) is 0 Å². The normalized spacial score (nSPS) is 14.0. The van der Waals surface area contributed by atoms with E-state index in [0.717, 1.165) is 0 Å². The Bertz CT molecular complexity index is 186. The summed E-state index contributed by atoms with van der Waals surface area (Å²) in [6.07, 6.45) is 5.30. The summed E-state index contributed by atoms with van der Waals surface area (Å²) >= 11 is 0. The Morgan fingerprint density at radius 3 is 1.38 bits per heavy atom. The fourth-order valence-electron chi connectivity index (χ4n) is 3.64. The van der Waals surface area contributed by atoms with Crippen LogP contribution in [-0.2, 0) is 0 Å². The number of hydrogen-bond donors (Lipinski definition) is 0. The summed E-state index contributed by atoms with van der Waals surface area (Å²) in [6, 6.07) is 0. The van der Waals surface area contributed by atoms with E-state index >= 15 is 0 Å². The minimum absolute atomic E-state index is 0.449. The molecule has 0 fully saturated rings. The van der Waals surface area contributed by atoms with Gasteiger partial charge in [0, 0.05) is 0 Å². The molecule has 0 saturated heterocycles. The second-order valence-corrected chi connectivity index (χ2v) is 7.64. The zero-order valence-corrected chi connectivity index (χ0v) is 13.0. The maximum atomic E-state index is 2.45. The summed E-state index contributed by atoms with van der Waals surface area (Å²) in [4.78, 5) is 0. The van der Waals surface area contributed by atoms with Gasteiger partial charge in [0.05, 0.1) is 0 Å². The largest absolute Gasteiger partial charge is 0.134 e. The van der Waals surface area contributed by atoms with Gasteiger partial charge in [-0.15, -0.1) is 0 Å². The van der Waals surface area contributed by atoms with Crippen LogP contribution in [0.15, 0.2) is 0 Å². The van der Waals surface area contributed by atoms with Crippen LogP contribution in [0.5, 0.6) is 0 Å². The average Bonchev–Trinajstić information content (AvgIpc) is 2.10. The van der Waals surface area contributed by atoms with Crippen LogP contribution in [0.2, 0.25) is 10.6 Å². The lowest BCUT2D eigenvalue weighted by atomic mass is 9.36. The molecule has 0 nitrogen and oxygen atoms in total. The molecule has 0 aromatic carbocycles. The lowest BCUT2D eigenvalue weighted by molar-refractivity contribution is 0.321. The Balaban J connectivity index is 4.66. The van der Waals surface area contributed by atoms with Crippen molar-refractivity contribution in [3.63, 3.8) is 0 Å². The van der Waals surface area contributed by atoms with Crippen molar-refractivity contribution in [2.75, 3.05) is 0 Å². The average molecular weight is 224 g/mol. The van der Waals surface area contributed by atoms with Gasteiger partial charge < -0.3 is 0 Å². The topological polar surface area (TPSA) is 0 Å². The van der Waals surface area contributed by atoms with Crippen molar-refractivity contribution in [3.05, 3.63) is 0 Å². The fraction of sp³-hybridized carbons (Fsp3) is 1.00. The molecule has 0 N–H and O–H groups in total. The molecule has 0 aliphatic rings. The molecule has 0 aliphatic carbocycles. The van der Waals surface area contributed by atoms with Crippen LogP contribution in [0.3, 0.4) is 0 Å². The monoisotopic (exact) mass is 224 g/mol. The molecule has 0 atom stereocenters. The maximum absolute atomic E-state index is 2.45. The van der Waals surface area contributed by atoms with Crippen LogP contribution in [0, 0.1) is 5.41 Å². The molecule has 0 spiro atoms. The van der Waals surface area contributed by atoms with E-state index in [1.807, 2.05) is 0 Å². The van der Waals surface area contributed by atoms with E-state index in [1.54, 1.807) is 0 Å². The smallest absolute Gasteiger partial charge is 0.0668 e. The first-order valence-corrected chi connectivity index (χ1v) is 7.10. The van der Waals surface area contributed by atoms with Gasteiger partial charge in [-0.3, -0.25) is 0 Å². The third-order valence-electron chi connectivity index (χ3n) is 4.11. The molecular weight excluding hydrogens is 191 g/mol. The van der Waals surface area contributed by atoms with Crippen molar-refractivity contribution in [3.8, 4) is 0 Å². The Hall–Kier alpha value is 0.0649. The Labute approximate surface area is 105 Å². The van der Waals surface area contributed by atoms with Gasteiger partial charge in [0.1, 0.15) is 7.28 Å². The molecule has 0 aliphatic heterocycles. The second kappa shape index (κ2) is 5.60. The summed E-state index contributed by atoms with van der Waals surface area (Å²) in [6.45, 7) is 19.1. The standard InChI is InChI=1S/C15H33B/c1-9-15(10-2,11-3)16-14(7,8)12-13(4,5)6/h16H,9-12H2,1-8H3. The van der Waals surface area contributed by atoms with Gasteiger partial charge >= 0.3 is 0 Å². The Kier molecular flexibility index (Phi) is 5.62. The zero-order chi connectivity index (χ0) is 13.0. The van der Waals surface area contributed by atoms with E-state index in [2.05, 4.69) is 55.4 Å². The minimum Gasteiger partial charge on any atom is -0.0668 e.